The van der Waals surface area contributed by atoms with Crippen molar-refractivity contribution in [3.63, 3.8) is 0 Å². The van der Waals surface area contributed by atoms with Gasteiger partial charge < -0.3 is 9.64 Å². The predicted octanol–water partition coefficient (Wildman–Crippen LogP) is 4.44. The number of carbonyl (C=O) groups excluding carboxylic acids is 1. The molecule has 6 nitrogen and oxygen atoms in total. The molecule has 25 heavy (non-hydrogen) atoms. The molecule has 0 N–H and O–H groups in total. The van der Waals surface area contributed by atoms with Gasteiger partial charge in [0.25, 0.3) is 0 Å². The molecule has 1 amide bonds. The first-order chi connectivity index (χ1) is 11.7. The molecule has 0 aromatic heterocycles. The fourth-order valence-electron chi connectivity index (χ4n) is 2.85. The third-order valence-corrected chi connectivity index (χ3v) is 4.17. The van der Waals surface area contributed by atoms with Crippen molar-refractivity contribution in [1.29, 1.82) is 0 Å². The minimum atomic E-state index is -0.656. The van der Waals surface area contributed by atoms with Crippen molar-refractivity contribution in [2.45, 2.75) is 52.2 Å². The Bertz CT molecular complexity index is 659. The molecule has 1 aromatic carbocycles. The van der Waals surface area contributed by atoms with Crippen molar-refractivity contribution < 1.29 is 14.5 Å². The van der Waals surface area contributed by atoms with Gasteiger partial charge in [-0.05, 0) is 38.3 Å². The molecule has 1 unspecified atom stereocenters. The molecule has 6 heteroatoms. The number of hydrogen-bond donors (Lipinski definition) is 0. The van der Waals surface area contributed by atoms with E-state index in [4.69, 9.17) is 4.74 Å². The molecule has 0 saturated heterocycles. The first kappa shape index (κ1) is 19.0. The Morgan fingerprint density at radius 3 is 2.40 bits per heavy atom. The van der Waals surface area contributed by atoms with Crippen LogP contribution in [0.25, 0.3) is 5.57 Å². The number of ether oxygens (including phenoxy) is 1. The van der Waals surface area contributed by atoms with Crippen LogP contribution in [0.3, 0.4) is 0 Å². The number of nitrogens with zero attached hydrogens (tertiary/aromatic N) is 2. The maximum Gasteiger partial charge on any atom is 0.410 e. The highest BCUT2D eigenvalue weighted by atomic mass is 16.6. The number of carbonyl (C=O) groups is 1. The largest absolute Gasteiger partial charge is 0.444 e. The molecular weight excluding hydrogens is 320 g/mol. The Hall–Kier alpha value is -2.37. The van der Waals surface area contributed by atoms with E-state index in [-0.39, 0.29) is 11.0 Å². The van der Waals surface area contributed by atoms with Crippen LogP contribution in [0.5, 0.6) is 0 Å². The zero-order chi connectivity index (χ0) is 18.6. The molecule has 1 aromatic rings. The van der Waals surface area contributed by atoms with Gasteiger partial charge in [-0.2, -0.15) is 0 Å². The average molecular weight is 346 g/mol. The number of nitro groups is 1. The Kier molecular flexibility index (Phi) is 5.82. The van der Waals surface area contributed by atoms with Gasteiger partial charge in [0.15, 0.2) is 0 Å². The van der Waals surface area contributed by atoms with E-state index < -0.39 is 11.6 Å². The van der Waals surface area contributed by atoms with E-state index >= 15 is 0 Å². The van der Waals surface area contributed by atoms with Gasteiger partial charge in [-0.1, -0.05) is 37.3 Å². The van der Waals surface area contributed by atoms with Crippen molar-refractivity contribution >= 4 is 11.7 Å². The minimum absolute atomic E-state index is 0.242. The predicted molar refractivity (Wildman–Crippen MR) is 96.9 cm³/mol. The van der Waals surface area contributed by atoms with Crippen LogP contribution in [0.15, 0.2) is 30.3 Å². The second-order valence-electron chi connectivity index (χ2n) is 7.24. The van der Waals surface area contributed by atoms with Crippen LogP contribution in [0.2, 0.25) is 0 Å². The summed E-state index contributed by atoms with van der Waals surface area (Å²) in [5, 5.41) is 11.1. The van der Waals surface area contributed by atoms with E-state index in [0.717, 1.165) is 23.1 Å². The van der Waals surface area contributed by atoms with Crippen molar-refractivity contribution in [3.8, 4) is 0 Å². The van der Waals surface area contributed by atoms with Crippen LogP contribution >= 0.6 is 0 Å². The fourth-order valence-corrected chi connectivity index (χ4v) is 2.85. The summed E-state index contributed by atoms with van der Waals surface area (Å²) in [6, 6.07) is 6.85. The maximum absolute atomic E-state index is 12.1. The minimum Gasteiger partial charge on any atom is -0.444 e. The van der Waals surface area contributed by atoms with Crippen LogP contribution in [0.1, 0.15) is 57.7 Å². The highest BCUT2D eigenvalue weighted by Gasteiger charge is 2.24. The highest BCUT2D eigenvalue weighted by Crippen LogP contribution is 2.26. The third-order valence-electron chi connectivity index (χ3n) is 4.17. The molecule has 0 spiro atoms. The Balaban J connectivity index is 2.04. The molecule has 2 rings (SSSR count). The topological polar surface area (TPSA) is 72.7 Å². The molecule has 0 fully saturated rings. The standard InChI is InChI=1S/C19H26N2O4/c1-5-17(21(23)24)16-8-6-14(7-9-16)15-10-12-20(13-11-15)18(22)25-19(2,3)4/h6-10,17H,5,11-13H2,1-4H3. The van der Waals surface area contributed by atoms with Crippen LogP contribution in [-0.2, 0) is 4.74 Å². The van der Waals surface area contributed by atoms with Gasteiger partial charge in [-0.3, -0.25) is 10.1 Å². The number of hydrogen-bond acceptors (Lipinski definition) is 4. The molecule has 1 atom stereocenters. The van der Waals surface area contributed by atoms with Crippen molar-refractivity contribution in [1.82, 2.24) is 4.90 Å². The van der Waals surface area contributed by atoms with Gasteiger partial charge in [-0.25, -0.2) is 4.79 Å². The molecule has 1 aliphatic rings. The average Bonchev–Trinajstić information content (AvgIpc) is 2.54. The van der Waals surface area contributed by atoms with Crippen molar-refractivity contribution in [2.75, 3.05) is 13.1 Å². The van der Waals surface area contributed by atoms with Crippen molar-refractivity contribution in [2.24, 2.45) is 0 Å². The number of rotatable bonds is 4. The third kappa shape index (κ3) is 5.05. The smallest absolute Gasteiger partial charge is 0.410 e. The van der Waals surface area contributed by atoms with Crippen molar-refractivity contribution in [3.05, 3.63) is 51.6 Å². The first-order valence-electron chi connectivity index (χ1n) is 8.62. The van der Waals surface area contributed by atoms with Crippen LogP contribution < -0.4 is 0 Å². The van der Waals surface area contributed by atoms with E-state index in [1.54, 1.807) is 4.90 Å². The van der Waals surface area contributed by atoms with Gasteiger partial charge in [0.05, 0.1) is 0 Å². The number of benzene rings is 1. The second-order valence-corrected chi connectivity index (χ2v) is 7.24. The Morgan fingerprint density at radius 2 is 1.96 bits per heavy atom. The summed E-state index contributed by atoms with van der Waals surface area (Å²) in [6.45, 7) is 8.49. The lowest BCUT2D eigenvalue weighted by atomic mass is 9.96. The zero-order valence-electron chi connectivity index (χ0n) is 15.3. The van der Waals surface area contributed by atoms with Crippen LogP contribution in [-0.4, -0.2) is 34.6 Å². The van der Waals surface area contributed by atoms with Gasteiger partial charge in [-0.15, -0.1) is 0 Å². The SMILES string of the molecule is CCC(c1ccc(C2=CCN(C(=O)OC(C)(C)C)CC2)cc1)[N+](=O)[O-]. The summed E-state index contributed by atoms with van der Waals surface area (Å²) in [5.74, 6) is 0. The lowest BCUT2D eigenvalue weighted by Gasteiger charge is -2.29. The molecule has 0 bridgehead atoms. The van der Waals surface area contributed by atoms with Gasteiger partial charge in [0.1, 0.15) is 5.60 Å². The zero-order valence-corrected chi connectivity index (χ0v) is 15.3. The number of amides is 1. The summed E-state index contributed by atoms with van der Waals surface area (Å²) in [7, 11) is 0. The molecular formula is C19H26N2O4. The quantitative estimate of drug-likeness (QED) is 0.597. The van der Waals surface area contributed by atoms with Gasteiger partial charge in [0, 0.05) is 30.0 Å². The van der Waals surface area contributed by atoms with E-state index in [0.29, 0.717) is 19.5 Å². The Labute approximate surface area is 148 Å². The maximum atomic E-state index is 12.1. The van der Waals surface area contributed by atoms with E-state index in [1.165, 1.54) is 0 Å². The van der Waals surface area contributed by atoms with E-state index in [9.17, 15) is 14.9 Å². The summed E-state index contributed by atoms with van der Waals surface area (Å²) in [4.78, 5) is 24.6. The molecule has 0 radical (unpaired) electrons. The van der Waals surface area contributed by atoms with Crippen LogP contribution in [0, 0.1) is 10.1 Å². The summed E-state index contributed by atoms with van der Waals surface area (Å²) in [6.07, 6.45) is 2.94. The molecule has 136 valence electrons. The van der Waals surface area contributed by atoms with Gasteiger partial charge in [0.2, 0.25) is 6.04 Å². The van der Waals surface area contributed by atoms with E-state index in [1.807, 2.05) is 58.0 Å². The van der Waals surface area contributed by atoms with Crippen LogP contribution in [0.4, 0.5) is 4.79 Å². The summed E-state index contributed by atoms with van der Waals surface area (Å²) >= 11 is 0. The monoisotopic (exact) mass is 346 g/mol. The second kappa shape index (κ2) is 7.68. The first-order valence-corrected chi connectivity index (χ1v) is 8.62. The normalized spacial score (nSPS) is 16.2. The Morgan fingerprint density at radius 1 is 1.32 bits per heavy atom. The molecule has 1 aliphatic heterocycles. The molecule has 0 saturated carbocycles. The lowest BCUT2D eigenvalue weighted by Crippen LogP contribution is -2.39. The molecule has 0 aliphatic carbocycles. The summed E-state index contributed by atoms with van der Waals surface area (Å²) < 4.78 is 5.39. The molecule has 1 heterocycles. The van der Waals surface area contributed by atoms with E-state index in [2.05, 4.69) is 0 Å². The highest BCUT2D eigenvalue weighted by molar-refractivity contribution is 5.72. The summed E-state index contributed by atoms with van der Waals surface area (Å²) in [5.41, 5.74) is 2.43. The lowest BCUT2D eigenvalue weighted by molar-refractivity contribution is -0.529. The fraction of sp³-hybridized carbons (Fsp3) is 0.526. The van der Waals surface area contributed by atoms with Gasteiger partial charge >= 0.3 is 6.09 Å².